The summed E-state index contributed by atoms with van der Waals surface area (Å²) < 4.78 is 16.5. The zero-order valence-corrected chi connectivity index (χ0v) is 16.1. The number of carbonyl (C=O) groups excluding carboxylic acids is 1. The number of hydrogen-bond donors (Lipinski definition) is 1. The van der Waals surface area contributed by atoms with Gasteiger partial charge in [0.2, 0.25) is 6.10 Å². The highest BCUT2D eigenvalue weighted by molar-refractivity contribution is 6.32. The zero-order chi connectivity index (χ0) is 19.5. The standard InChI is InChI=1S/C18H24ClNO6/c1-5-6-7-24-13-9-14-12(8-11(13)19)20(10-15(25-14)16(21)22)17(23)26-18(2,3)4/h8-9,15H,5-7,10H2,1-4H3,(H,21,22). The number of nitrogens with zero attached hydrogens (tertiary/aromatic N) is 1. The van der Waals surface area contributed by atoms with Crippen LogP contribution in [-0.4, -0.2) is 42.0 Å². The van der Waals surface area contributed by atoms with Crippen molar-refractivity contribution in [2.75, 3.05) is 18.1 Å². The van der Waals surface area contributed by atoms with Crippen LogP contribution < -0.4 is 14.4 Å². The predicted octanol–water partition coefficient (Wildman–Crippen LogP) is 4.11. The van der Waals surface area contributed by atoms with E-state index in [9.17, 15) is 14.7 Å². The molecule has 1 aliphatic rings. The molecule has 26 heavy (non-hydrogen) atoms. The second-order valence-electron chi connectivity index (χ2n) is 6.99. The summed E-state index contributed by atoms with van der Waals surface area (Å²) in [7, 11) is 0. The molecule has 0 bridgehead atoms. The molecule has 0 aromatic heterocycles. The van der Waals surface area contributed by atoms with E-state index in [1.54, 1.807) is 20.8 Å². The lowest BCUT2D eigenvalue weighted by atomic mass is 10.1. The Morgan fingerprint density at radius 2 is 2.08 bits per heavy atom. The van der Waals surface area contributed by atoms with Gasteiger partial charge < -0.3 is 19.3 Å². The minimum Gasteiger partial charge on any atom is -0.492 e. The number of hydrogen-bond acceptors (Lipinski definition) is 5. The van der Waals surface area contributed by atoms with Gasteiger partial charge in [0.15, 0.2) is 0 Å². The van der Waals surface area contributed by atoms with Crippen molar-refractivity contribution < 1.29 is 28.9 Å². The van der Waals surface area contributed by atoms with Crippen molar-refractivity contribution in [3.05, 3.63) is 17.2 Å². The van der Waals surface area contributed by atoms with Crippen molar-refractivity contribution >= 4 is 29.4 Å². The van der Waals surface area contributed by atoms with Gasteiger partial charge in [0.25, 0.3) is 0 Å². The molecule has 144 valence electrons. The van der Waals surface area contributed by atoms with Gasteiger partial charge in [-0.2, -0.15) is 0 Å². The topological polar surface area (TPSA) is 85.3 Å². The van der Waals surface area contributed by atoms with Crippen molar-refractivity contribution in [2.24, 2.45) is 0 Å². The molecule has 1 atom stereocenters. The number of anilines is 1. The number of carboxylic acids is 1. The third kappa shape index (κ3) is 4.94. The Balaban J connectivity index is 2.36. The number of unbranched alkanes of at least 4 members (excludes halogenated alkanes) is 1. The Bertz CT molecular complexity index is 685. The molecule has 7 nitrogen and oxygen atoms in total. The van der Waals surface area contributed by atoms with Gasteiger partial charge in [-0.05, 0) is 33.3 Å². The molecule has 1 N–H and O–H groups in total. The van der Waals surface area contributed by atoms with Crippen molar-refractivity contribution in [1.82, 2.24) is 0 Å². The summed E-state index contributed by atoms with van der Waals surface area (Å²) in [5, 5.41) is 9.64. The van der Waals surface area contributed by atoms with E-state index in [4.69, 9.17) is 25.8 Å². The molecule has 1 aromatic rings. The third-order valence-electron chi connectivity index (χ3n) is 3.57. The molecule has 0 radical (unpaired) electrons. The van der Waals surface area contributed by atoms with Gasteiger partial charge in [-0.1, -0.05) is 24.9 Å². The number of rotatable bonds is 5. The quantitative estimate of drug-likeness (QED) is 0.768. The first kappa shape index (κ1) is 20.2. The molecule has 0 saturated heterocycles. The summed E-state index contributed by atoms with van der Waals surface area (Å²) in [4.78, 5) is 25.2. The fourth-order valence-electron chi connectivity index (χ4n) is 2.34. The monoisotopic (exact) mass is 385 g/mol. The molecule has 0 saturated carbocycles. The predicted molar refractivity (Wildman–Crippen MR) is 97.5 cm³/mol. The van der Waals surface area contributed by atoms with Crippen LogP contribution in [0.4, 0.5) is 10.5 Å². The summed E-state index contributed by atoms with van der Waals surface area (Å²) in [5.41, 5.74) is -0.369. The second-order valence-corrected chi connectivity index (χ2v) is 7.40. The maximum atomic E-state index is 12.5. The van der Waals surface area contributed by atoms with Crippen molar-refractivity contribution in [1.29, 1.82) is 0 Å². The molecular formula is C18H24ClNO6. The Kier molecular flexibility index (Phi) is 6.23. The minimum absolute atomic E-state index is 0.177. The number of ether oxygens (including phenoxy) is 3. The fraction of sp³-hybridized carbons (Fsp3) is 0.556. The van der Waals surface area contributed by atoms with E-state index in [0.29, 0.717) is 23.1 Å². The average molecular weight is 386 g/mol. The van der Waals surface area contributed by atoms with Gasteiger partial charge in [-0.3, -0.25) is 4.90 Å². The molecule has 8 heteroatoms. The van der Waals surface area contributed by atoms with Gasteiger partial charge >= 0.3 is 12.1 Å². The minimum atomic E-state index is -1.21. The first-order valence-electron chi connectivity index (χ1n) is 8.48. The first-order chi connectivity index (χ1) is 12.1. The average Bonchev–Trinajstić information content (AvgIpc) is 2.52. The lowest BCUT2D eigenvalue weighted by Gasteiger charge is -2.34. The third-order valence-corrected chi connectivity index (χ3v) is 3.86. The van der Waals surface area contributed by atoms with E-state index in [-0.39, 0.29) is 12.3 Å². The molecular weight excluding hydrogens is 362 g/mol. The number of amides is 1. The second kappa shape index (κ2) is 8.03. The molecule has 0 fully saturated rings. The summed E-state index contributed by atoms with van der Waals surface area (Å²) >= 11 is 6.27. The highest BCUT2D eigenvalue weighted by Gasteiger charge is 2.36. The fourth-order valence-corrected chi connectivity index (χ4v) is 2.55. The van der Waals surface area contributed by atoms with E-state index in [2.05, 4.69) is 0 Å². The van der Waals surface area contributed by atoms with Gasteiger partial charge in [0, 0.05) is 6.07 Å². The van der Waals surface area contributed by atoms with Crippen LogP contribution in [0.3, 0.4) is 0 Å². The highest BCUT2D eigenvalue weighted by Crippen LogP contribution is 2.41. The number of carboxylic acid groups (broad SMARTS) is 1. The molecule has 1 aromatic carbocycles. The van der Waals surface area contributed by atoms with Crippen molar-refractivity contribution in [3.63, 3.8) is 0 Å². The van der Waals surface area contributed by atoms with Crippen molar-refractivity contribution in [3.8, 4) is 11.5 Å². The largest absolute Gasteiger partial charge is 0.492 e. The van der Waals surface area contributed by atoms with E-state index in [1.807, 2.05) is 6.92 Å². The SMILES string of the molecule is CCCCOc1cc2c(cc1Cl)N(C(=O)OC(C)(C)C)CC(C(=O)O)O2. The summed E-state index contributed by atoms with van der Waals surface area (Å²) in [6.45, 7) is 7.55. The molecule has 0 spiro atoms. The molecule has 0 aliphatic carbocycles. The summed E-state index contributed by atoms with van der Waals surface area (Å²) in [5.74, 6) is -0.577. The van der Waals surface area contributed by atoms with Gasteiger partial charge in [-0.25, -0.2) is 9.59 Å². The van der Waals surface area contributed by atoms with Crippen LogP contribution in [-0.2, 0) is 9.53 Å². The van der Waals surface area contributed by atoms with E-state index >= 15 is 0 Å². The number of carbonyl (C=O) groups is 2. The normalized spacial score (nSPS) is 16.5. The lowest BCUT2D eigenvalue weighted by molar-refractivity contribution is -0.144. The van der Waals surface area contributed by atoms with Crippen LogP contribution in [0.5, 0.6) is 11.5 Å². The first-order valence-corrected chi connectivity index (χ1v) is 8.86. The van der Waals surface area contributed by atoms with Gasteiger partial charge in [0.1, 0.15) is 17.1 Å². The highest BCUT2D eigenvalue weighted by atomic mass is 35.5. The van der Waals surface area contributed by atoms with E-state index < -0.39 is 23.8 Å². The Morgan fingerprint density at radius 1 is 1.38 bits per heavy atom. The van der Waals surface area contributed by atoms with Crippen LogP contribution >= 0.6 is 11.6 Å². The lowest BCUT2D eigenvalue weighted by Crippen LogP contribution is -2.48. The van der Waals surface area contributed by atoms with Crippen molar-refractivity contribution in [2.45, 2.75) is 52.2 Å². The van der Waals surface area contributed by atoms with Gasteiger partial charge in [-0.15, -0.1) is 0 Å². The number of halogens is 1. The van der Waals surface area contributed by atoms with E-state index in [0.717, 1.165) is 12.8 Å². The number of fused-ring (bicyclic) bond motifs is 1. The Labute approximate surface area is 157 Å². The summed E-state index contributed by atoms with van der Waals surface area (Å²) in [6.07, 6.45) is -0.0495. The summed E-state index contributed by atoms with van der Waals surface area (Å²) in [6, 6.07) is 3.04. The van der Waals surface area contributed by atoms with Crippen LogP contribution in [0, 0.1) is 0 Å². The Morgan fingerprint density at radius 3 is 2.65 bits per heavy atom. The molecule has 1 aliphatic heterocycles. The van der Waals surface area contributed by atoms with Crippen LogP contribution in [0.15, 0.2) is 12.1 Å². The van der Waals surface area contributed by atoms with Crippen LogP contribution in [0.25, 0.3) is 0 Å². The number of benzene rings is 1. The molecule has 1 heterocycles. The maximum absolute atomic E-state index is 12.5. The Hall–Kier alpha value is -2.15. The zero-order valence-electron chi connectivity index (χ0n) is 15.4. The smallest absolute Gasteiger partial charge is 0.415 e. The van der Waals surface area contributed by atoms with Crippen LogP contribution in [0.2, 0.25) is 5.02 Å². The maximum Gasteiger partial charge on any atom is 0.415 e. The van der Waals surface area contributed by atoms with Crippen LogP contribution in [0.1, 0.15) is 40.5 Å². The molecule has 1 unspecified atom stereocenters. The molecule has 1 amide bonds. The van der Waals surface area contributed by atoms with E-state index in [1.165, 1.54) is 17.0 Å². The molecule has 2 rings (SSSR count). The number of aliphatic carboxylic acids is 1. The van der Waals surface area contributed by atoms with Gasteiger partial charge in [0.05, 0.1) is 23.9 Å².